The first-order valence-electron chi connectivity index (χ1n) is 7.89. The molecule has 0 saturated heterocycles. The maximum Gasteiger partial charge on any atom is 0.332 e. The molecule has 3 rings (SSSR count). The topological polar surface area (TPSA) is 90.9 Å². The summed E-state index contributed by atoms with van der Waals surface area (Å²) in [5, 5.41) is 2.92. The van der Waals surface area contributed by atoms with E-state index in [1.807, 2.05) is 0 Å². The molecule has 23 heavy (non-hydrogen) atoms. The summed E-state index contributed by atoms with van der Waals surface area (Å²) in [5.41, 5.74) is -0.0325. The second-order valence-corrected chi connectivity index (χ2v) is 6.09. The number of aromatic nitrogens is 4. The average Bonchev–Trinajstić information content (AvgIpc) is 3.20. The van der Waals surface area contributed by atoms with Gasteiger partial charge in [0, 0.05) is 33.1 Å². The fourth-order valence-electron chi connectivity index (χ4n) is 3.20. The van der Waals surface area contributed by atoms with Crippen molar-refractivity contribution >= 4 is 17.1 Å². The zero-order valence-corrected chi connectivity index (χ0v) is 13.4. The Labute approximate surface area is 132 Å². The molecule has 8 heteroatoms. The summed E-state index contributed by atoms with van der Waals surface area (Å²) >= 11 is 0. The average molecular weight is 319 g/mol. The van der Waals surface area contributed by atoms with Crippen molar-refractivity contribution in [3.8, 4) is 0 Å². The van der Waals surface area contributed by atoms with Gasteiger partial charge in [-0.1, -0.05) is 12.8 Å². The molecule has 0 radical (unpaired) electrons. The van der Waals surface area contributed by atoms with E-state index in [9.17, 15) is 14.4 Å². The predicted molar refractivity (Wildman–Crippen MR) is 85.2 cm³/mol. The molecule has 0 unspecified atom stereocenters. The smallest absolute Gasteiger partial charge is 0.332 e. The lowest BCUT2D eigenvalue weighted by molar-refractivity contribution is -0.124. The number of nitrogens with zero attached hydrogens (tertiary/aromatic N) is 4. The summed E-state index contributed by atoms with van der Waals surface area (Å²) in [7, 11) is 3.03. The molecule has 0 spiro atoms. The Hall–Kier alpha value is -2.38. The molecule has 1 aliphatic carbocycles. The van der Waals surface area contributed by atoms with Crippen molar-refractivity contribution in [2.45, 2.75) is 32.2 Å². The minimum absolute atomic E-state index is 0.0900. The summed E-state index contributed by atoms with van der Waals surface area (Å²) in [4.78, 5) is 40.3. The van der Waals surface area contributed by atoms with Crippen LogP contribution in [0.25, 0.3) is 11.2 Å². The Balaban J connectivity index is 1.77. The maximum absolute atomic E-state index is 12.3. The number of imidazole rings is 1. The lowest BCUT2D eigenvalue weighted by Gasteiger charge is -2.11. The molecule has 2 aromatic rings. The van der Waals surface area contributed by atoms with E-state index >= 15 is 0 Å². The van der Waals surface area contributed by atoms with Gasteiger partial charge < -0.3 is 9.88 Å². The number of nitrogens with one attached hydrogen (secondary N) is 1. The van der Waals surface area contributed by atoms with Gasteiger partial charge in [-0.15, -0.1) is 0 Å². The molecule has 8 nitrogen and oxygen atoms in total. The van der Waals surface area contributed by atoms with Gasteiger partial charge in [0.2, 0.25) is 5.91 Å². The third-order valence-electron chi connectivity index (χ3n) is 4.60. The fourth-order valence-corrected chi connectivity index (χ4v) is 3.20. The summed E-state index contributed by atoms with van der Waals surface area (Å²) in [6.07, 6.45) is 5.70. The summed E-state index contributed by atoms with van der Waals surface area (Å²) < 4.78 is 4.11. The van der Waals surface area contributed by atoms with E-state index < -0.39 is 5.69 Å². The Morgan fingerprint density at radius 2 is 1.96 bits per heavy atom. The van der Waals surface area contributed by atoms with Crippen LogP contribution in [0.5, 0.6) is 0 Å². The van der Waals surface area contributed by atoms with Gasteiger partial charge in [0.05, 0.1) is 6.33 Å². The minimum atomic E-state index is -0.401. The molecular weight excluding hydrogens is 298 g/mol. The standard InChI is InChI=1S/C15H21N5O3/c1-18-12-11(14(22)19(2)15(18)23)20(9-17-12)8-7-16-13(21)10-5-3-4-6-10/h9-10H,3-8H2,1-2H3,(H,16,21). The van der Waals surface area contributed by atoms with Gasteiger partial charge in [0.25, 0.3) is 5.56 Å². The molecule has 1 amide bonds. The van der Waals surface area contributed by atoms with Gasteiger partial charge in [-0.3, -0.25) is 18.7 Å². The molecule has 1 aliphatic rings. The molecule has 0 bridgehead atoms. The van der Waals surface area contributed by atoms with Gasteiger partial charge in [0.1, 0.15) is 0 Å². The molecule has 1 fully saturated rings. The van der Waals surface area contributed by atoms with E-state index in [0.717, 1.165) is 30.3 Å². The molecule has 1 N–H and O–H groups in total. The number of fused-ring (bicyclic) bond motifs is 1. The summed E-state index contributed by atoms with van der Waals surface area (Å²) in [6, 6.07) is 0. The fraction of sp³-hybridized carbons (Fsp3) is 0.600. The van der Waals surface area contributed by atoms with Crippen LogP contribution in [-0.4, -0.2) is 31.1 Å². The van der Waals surface area contributed by atoms with Crippen LogP contribution >= 0.6 is 0 Å². The molecule has 0 atom stereocenters. The number of carbonyl (C=O) groups is 1. The highest BCUT2D eigenvalue weighted by Gasteiger charge is 2.22. The van der Waals surface area contributed by atoms with Gasteiger partial charge >= 0.3 is 5.69 Å². The SMILES string of the molecule is Cn1c(=O)c2c(ncn2CCNC(=O)C2CCCC2)n(C)c1=O. The van der Waals surface area contributed by atoms with Gasteiger partial charge in [-0.2, -0.15) is 0 Å². The summed E-state index contributed by atoms with van der Waals surface area (Å²) in [6.45, 7) is 0.884. The highest BCUT2D eigenvalue weighted by molar-refractivity contribution is 5.78. The van der Waals surface area contributed by atoms with Crippen LogP contribution in [0.1, 0.15) is 25.7 Å². The van der Waals surface area contributed by atoms with Crippen LogP contribution in [-0.2, 0) is 25.4 Å². The highest BCUT2D eigenvalue weighted by Crippen LogP contribution is 2.24. The van der Waals surface area contributed by atoms with Crippen LogP contribution in [0.2, 0.25) is 0 Å². The third kappa shape index (κ3) is 2.69. The number of rotatable bonds is 4. The van der Waals surface area contributed by atoms with E-state index in [-0.39, 0.29) is 17.4 Å². The van der Waals surface area contributed by atoms with Crippen molar-refractivity contribution in [3.63, 3.8) is 0 Å². The lowest BCUT2D eigenvalue weighted by atomic mass is 10.1. The molecule has 0 aromatic carbocycles. The predicted octanol–water partition coefficient (Wildman–Crippen LogP) is -0.260. The Bertz CT molecular complexity index is 854. The zero-order valence-electron chi connectivity index (χ0n) is 13.4. The second kappa shape index (κ2) is 6.02. The monoisotopic (exact) mass is 319 g/mol. The van der Waals surface area contributed by atoms with Crippen molar-refractivity contribution in [1.82, 2.24) is 24.0 Å². The van der Waals surface area contributed by atoms with E-state index in [2.05, 4.69) is 10.3 Å². The van der Waals surface area contributed by atoms with Crippen molar-refractivity contribution in [2.75, 3.05) is 6.54 Å². The quantitative estimate of drug-likeness (QED) is 0.840. The van der Waals surface area contributed by atoms with Crippen molar-refractivity contribution in [1.29, 1.82) is 0 Å². The molecule has 2 heterocycles. The van der Waals surface area contributed by atoms with Gasteiger partial charge in [-0.05, 0) is 12.8 Å². The van der Waals surface area contributed by atoms with Crippen LogP contribution in [0, 0.1) is 5.92 Å². The Morgan fingerprint density at radius 3 is 2.65 bits per heavy atom. The van der Waals surface area contributed by atoms with Crippen LogP contribution in [0.15, 0.2) is 15.9 Å². The molecule has 1 saturated carbocycles. The first-order valence-corrected chi connectivity index (χ1v) is 7.89. The van der Waals surface area contributed by atoms with E-state index in [4.69, 9.17) is 0 Å². The van der Waals surface area contributed by atoms with Crippen molar-refractivity contribution in [3.05, 3.63) is 27.2 Å². The molecular formula is C15H21N5O3. The zero-order chi connectivity index (χ0) is 16.6. The Morgan fingerprint density at radius 1 is 1.26 bits per heavy atom. The third-order valence-corrected chi connectivity index (χ3v) is 4.60. The number of hydrogen-bond donors (Lipinski definition) is 1. The molecule has 0 aliphatic heterocycles. The lowest BCUT2D eigenvalue weighted by Crippen LogP contribution is -2.38. The number of hydrogen-bond acceptors (Lipinski definition) is 4. The summed E-state index contributed by atoms with van der Waals surface area (Å²) in [5.74, 6) is 0.218. The van der Waals surface area contributed by atoms with Crippen LogP contribution in [0.3, 0.4) is 0 Å². The number of aryl methyl sites for hydroxylation is 1. The van der Waals surface area contributed by atoms with Crippen LogP contribution < -0.4 is 16.6 Å². The number of amides is 1. The van der Waals surface area contributed by atoms with E-state index in [1.54, 1.807) is 11.6 Å². The van der Waals surface area contributed by atoms with E-state index in [0.29, 0.717) is 24.3 Å². The first-order chi connectivity index (χ1) is 11.0. The first kappa shape index (κ1) is 15.5. The van der Waals surface area contributed by atoms with Crippen molar-refractivity contribution < 1.29 is 4.79 Å². The van der Waals surface area contributed by atoms with Gasteiger partial charge in [-0.25, -0.2) is 9.78 Å². The van der Waals surface area contributed by atoms with Gasteiger partial charge in [0.15, 0.2) is 11.2 Å². The molecule has 124 valence electrons. The maximum atomic E-state index is 12.3. The second-order valence-electron chi connectivity index (χ2n) is 6.09. The van der Waals surface area contributed by atoms with Crippen molar-refractivity contribution in [2.24, 2.45) is 20.0 Å². The molecule has 2 aromatic heterocycles. The highest BCUT2D eigenvalue weighted by atomic mass is 16.2. The number of carbonyl (C=O) groups excluding carboxylic acids is 1. The van der Waals surface area contributed by atoms with E-state index in [1.165, 1.54) is 17.9 Å². The van der Waals surface area contributed by atoms with Crippen LogP contribution in [0.4, 0.5) is 0 Å². The normalized spacial score (nSPS) is 15.4. The Kier molecular flexibility index (Phi) is 4.06. The largest absolute Gasteiger partial charge is 0.354 e. The minimum Gasteiger partial charge on any atom is -0.354 e.